The van der Waals surface area contributed by atoms with Gasteiger partial charge in [-0.1, -0.05) is 12.0 Å². The van der Waals surface area contributed by atoms with Crippen LogP contribution in [-0.4, -0.2) is 44.2 Å². The Hall–Kier alpha value is -2.15. The van der Waals surface area contributed by atoms with Crippen molar-refractivity contribution in [2.45, 2.75) is 39.8 Å². The molecule has 7 nitrogen and oxygen atoms in total. The zero-order valence-electron chi connectivity index (χ0n) is 17.2. The van der Waals surface area contributed by atoms with E-state index in [9.17, 15) is 4.79 Å². The van der Waals surface area contributed by atoms with Crippen LogP contribution < -0.4 is 25.4 Å². The molecule has 0 saturated carbocycles. The summed E-state index contributed by atoms with van der Waals surface area (Å²) in [5.41, 5.74) is 0.658. The van der Waals surface area contributed by atoms with Gasteiger partial charge in [-0.3, -0.25) is 4.79 Å². The quantitative estimate of drug-likeness (QED) is 0.220. The summed E-state index contributed by atoms with van der Waals surface area (Å²) in [5.74, 6) is 4.09. The molecule has 1 amide bonds. The molecule has 0 unspecified atom stereocenters. The highest BCUT2D eigenvalue weighted by atomic mass is 127. The number of amides is 1. The molecule has 1 aromatic carbocycles. The summed E-state index contributed by atoms with van der Waals surface area (Å²) in [6.07, 6.45) is 5.25. The molecule has 3 N–H and O–H groups in total. The lowest BCUT2D eigenvalue weighted by molar-refractivity contribution is -0.121. The molecule has 28 heavy (non-hydrogen) atoms. The molecule has 0 aliphatic carbocycles. The normalized spacial score (nSPS) is 10.9. The van der Waals surface area contributed by atoms with Crippen molar-refractivity contribution < 1.29 is 14.3 Å². The van der Waals surface area contributed by atoms with Gasteiger partial charge >= 0.3 is 0 Å². The number of methoxy groups -OCH3 is 1. The summed E-state index contributed by atoms with van der Waals surface area (Å²) < 4.78 is 10.8. The van der Waals surface area contributed by atoms with Gasteiger partial charge in [0.1, 0.15) is 6.61 Å². The predicted molar refractivity (Wildman–Crippen MR) is 123 cm³/mol. The minimum Gasteiger partial charge on any atom is -0.493 e. The maximum Gasteiger partial charge on any atom is 0.239 e. The number of carbonyl (C=O) groups is 1. The molecule has 0 bridgehead atoms. The third-order valence-corrected chi connectivity index (χ3v) is 3.23. The van der Waals surface area contributed by atoms with Gasteiger partial charge in [0.25, 0.3) is 0 Å². The van der Waals surface area contributed by atoms with Crippen LogP contribution in [0.15, 0.2) is 23.2 Å². The Morgan fingerprint density at radius 2 is 1.96 bits per heavy atom. The predicted octanol–water partition coefficient (Wildman–Crippen LogP) is 2.30. The van der Waals surface area contributed by atoms with Gasteiger partial charge in [0.15, 0.2) is 17.5 Å². The Labute approximate surface area is 185 Å². The van der Waals surface area contributed by atoms with Crippen LogP contribution >= 0.6 is 24.0 Å². The Morgan fingerprint density at radius 1 is 1.25 bits per heavy atom. The summed E-state index contributed by atoms with van der Waals surface area (Å²) in [6, 6.07) is 5.56. The summed E-state index contributed by atoms with van der Waals surface area (Å²) in [7, 11) is 1.58. The lowest BCUT2D eigenvalue weighted by Crippen LogP contribution is -2.48. The van der Waals surface area contributed by atoms with Gasteiger partial charge in [-0.15, -0.1) is 30.4 Å². The minimum absolute atomic E-state index is 0. The zero-order chi connectivity index (χ0) is 20.3. The van der Waals surface area contributed by atoms with Gasteiger partial charge in [-0.05, 0) is 45.4 Å². The second kappa shape index (κ2) is 13.1. The Bertz CT molecular complexity index is 694. The van der Waals surface area contributed by atoms with Crippen LogP contribution in [0.1, 0.15) is 33.3 Å². The number of ether oxygens (including phenoxy) is 2. The van der Waals surface area contributed by atoms with E-state index >= 15 is 0 Å². The van der Waals surface area contributed by atoms with Crippen molar-refractivity contribution in [2.75, 3.05) is 26.8 Å². The van der Waals surface area contributed by atoms with Crippen molar-refractivity contribution in [3.63, 3.8) is 0 Å². The van der Waals surface area contributed by atoms with Gasteiger partial charge in [0.05, 0.1) is 20.2 Å². The topological polar surface area (TPSA) is 84.0 Å². The minimum atomic E-state index is -0.272. The number of halogens is 1. The number of nitrogens with zero attached hydrogens (tertiary/aromatic N) is 1. The van der Waals surface area contributed by atoms with E-state index in [0.717, 1.165) is 5.56 Å². The molecule has 0 spiro atoms. The highest BCUT2D eigenvalue weighted by Crippen LogP contribution is 2.28. The van der Waals surface area contributed by atoms with Gasteiger partial charge < -0.3 is 25.4 Å². The fourth-order valence-electron chi connectivity index (χ4n) is 2.19. The Balaban J connectivity index is 0.00000729. The molecule has 1 aromatic rings. The number of rotatable bonds is 8. The highest BCUT2D eigenvalue weighted by molar-refractivity contribution is 14.0. The molecule has 0 radical (unpaired) electrons. The summed E-state index contributed by atoms with van der Waals surface area (Å²) in [4.78, 5) is 16.5. The van der Waals surface area contributed by atoms with Crippen molar-refractivity contribution in [2.24, 2.45) is 4.99 Å². The van der Waals surface area contributed by atoms with E-state index < -0.39 is 0 Å². The van der Waals surface area contributed by atoms with Crippen molar-refractivity contribution in [3.05, 3.63) is 23.8 Å². The Morgan fingerprint density at radius 3 is 2.54 bits per heavy atom. The van der Waals surface area contributed by atoms with Crippen LogP contribution in [0.5, 0.6) is 11.5 Å². The van der Waals surface area contributed by atoms with E-state index in [1.807, 2.05) is 45.9 Å². The van der Waals surface area contributed by atoms with Crippen LogP contribution in [0.25, 0.3) is 0 Å². The number of benzene rings is 1. The van der Waals surface area contributed by atoms with Gasteiger partial charge in [0, 0.05) is 12.1 Å². The fraction of sp³-hybridized carbons (Fsp3) is 0.500. The fourth-order valence-corrected chi connectivity index (χ4v) is 2.19. The first-order chi connectivity index (χ1) is 12.8. The van der Waals surface area contributed by atoms with E-state index in [2.05, 4.69) is 26.9 Å². The molecular weight excluding hydrogens is 471 g/mol. The highest BCUT2D eigenvalue weighted by Gasteiger charge is 2.13. The molecule has 0 fully saturated rings. The summed E-state index contributed by atoms with van der Waals surface area (Å²) >= 11 is 0. The number of hydrogen-bond acceptors (Lipinski definition) is 4. The number of terminal acetylenes is 1. The first-order valence-electron chi connectivity index (χ1n) is 8.85. The maximum atomic E-state index is 12.0. The van der Waals surface area contributed by atoms with Crippen LogP contribution in [-0.2, 0) is 11.3 Å². The molecule has 0 atom stereocenters. The smallest absolute Gasteiger partial charge is 0.239 e. The van der Waals surface area contributed by atoms with Crippen molar-refractivity contribution in [1.82, 2.24) is 16.0 Å². The third kappa shape index (κ3) is 10.3. The number of hydrogen-bond donors (Lipinski definition) is 3. The van der Waals surface area contributed by atoms with Crippen molar-refractivity contribution in [3.8, 4) is 23.8 Å². The molecule has 156 valence electrons. The average Bonchev–Trinajstić information content (AvgIpc) is 2.60. The number of guanidine groups is 1. The standard InChI is InChI=1S/C20H30N4O3.HI/c1-7-11-27-17-12-15(9-10-16(17)26-6)13-22-19(21-8-2)23-14-18(25)24-20(3,4)5;/h1,9-10,12H,8,11,13-14H2,2-6H3,(H,24,25)(H2,21,22,23);1H. The molecule has 0 aromatic heterocycles. The van der Waals surface area contributed by atoms with E-state index in [1.165, 1.54) is 0 Å². The second-order valence-corrected chi connectivity index (χ2v) is 6.82. The number of carbonyl (C=O) groups excluding carboxylic acids is 1. The number of nitrogens with one attached hydrogen (secondary N) is 3. The molecule has 1 rings (SSSR count). The monoisotopic (exact) mass is 502 g/mol. The molecule has 0 heterocycles. The summed E-state index contributed by atoms with van der Waals surface area (Å²) in [6.45, 7) is 9.18. The van der Waals surface area contributed by atoms with Crippen LogP contribution in [0.4, 0.5) is 0 Å². The van der Waals surface area contributed by atoms with Crippen molar-refractivity contribution in [1.29, 1.82) is 0 Å². The zero-order valence-corrected chi connectivity index (χ0v) is 19.5. The van der Waals surface area contributed by atoms with E-state index in [-0.39, 0.29) is 48.6 Å². The van der Waals surface area contributed by atoms with E-state index in [0.29, 0.717) is 30.5 Å². The van der Waals surface area contributed by atoms with Crippen molar-refractivity contribution >= 4 is 35.8 Å². The maximum absolute atomic E-state index is 12.0. The lowest BCUT2D eigenvalue weighted by Gasteiger charge is -2.21. The average molecular weight is 502 g/mol. The van der Waals surface area contributed by atoms with E-state index in [4.69, 9.17) is 15.9 Å². The molecule has 0 saturated heterocycles. The first-order valence-corrected chi connectivity index (χ1v) is 8.85. The molecule has 0 aliphatic rings. The van der Waals surface area contributed by atoms with Crippen LogP contribution in [0.2, 0.25) is 0 Å². The second-order valence-electron chi connectivity index (χ2n) is 6.82. The molecular formula is C20H31IN4O3. The summed E-state index contributed by atoms with van der Waals surface area (Å²) in [5, 5.41) is 9.05. The van der Waals surface area contributed by atoms with E-state index in [1.54, 1.807) is 7.11 Å². The van der Waals surface area contributed by atoms with Crippen LogP contribution in [0.3, 0.4) is 0 Å². The third-order valence-electron chi connectivity index (χ3n) is 3.23. The van der Waals surface area contributed by atoms with Crippen LogP contribution in [0, 0.1) is 12.3 Å². The lowest BCUT2D eigenvalue weighted by atomic mass is 10.1. The number of aliphatic imine (C=N–C) groups is 1. The van der Waals surface area contributed by atoms with Gasteiger partial charge in [-0.25, -0.2) is 4.99 Å². The SMILES string of the molecule is C#CCOc1cc(CN=C(NCC)NCC(=O)NC(C)(C)C)ccc1OC.I. The Kier molecular flexibility index (Phi) is 12.1. The molecule has 8 heteroatoms. The van der Waals surface area contributed by atoms with Gasteiger partial charge in [0.2, 0.25) is 5.91 Å². The van der Waals surface area contributed by atoms with Gasteiger partial charge in [-0.2, -0.15) is 0 Å². The molecule has 0 aliphatic heterocycles. The largest absolute Gasteiger partial charge is 0.493 e. The first kappa shape index (κ1) is 25.9.